The van der Waals surface area contributed by atoms with Crippen molar-refractivity contribution in [1.29, 1.82) is 0 Å². The average Bonchev–Trinajstić information content (AvgIpc) is 1.89. The molecule has 0 fully saturated rings. The van der Waals surface area contributed by atoms with Gasteiger partial charge in [0.2, 0.25) is 0 Å². The molecule has 0 atom stereocenters. The Hall–Kier alpha value is -0.340. The zero-order valence-corrected chi connectivity index (χ0v) is 5.58. The Morgan fingerprint density at radius 2 is 1.56 bits per heavy atom. The van der Waals surface area contributed by atoms with Gasteiger partial charge in [0.15, 0.2) is 0 Å². The molecule has 0 aromatic rings. The van der Waals surface area contributed by atoms with Crippen molar-refractivity contribution in [3.8, 4) is 0 Å². The maximum absolute atomic E-state index is 8.34. The van der Waals surface area contributed by atoms with Crippen molar-refractivity contribution in [2.24, 2.45) is 0 Å². The summed E-state index contributed by atoms with van der Waals surface area (Å²) in [6, 6.07) is 0. The van der Waals surface area contributed by atoms with E-state index in [4.69, 9.17) is 10.2 Å². The largest absolute Gasteiger partial charge is 0.396 e. The van der Waals surface area contributed by atoms with Gasteiger partial charge < -0.3 is 10.2 Å². The highest BCUT2D eigenvalue weighted by Gasteiger charge is 1.77. The predicted molar refractivity (Wildman–Crippen MR) is 37.2 cm³/mol. The fourth-order valence-electron chi connectivity index (χ4n) is 0.519. The van der Waals surface area contributed by atoms with E-state index in [9.17, 15) is 0 Å². The fraction of sp³-hybridized carbons (Fsp3) is 0.714. The van der Waals surface area contributed by atoms with Gasteiger partial charge in [-0.25, -0.2) is 0 Å². The lowest BCUT2D eigenvalue weighted by molar-refractivity contribution is 0.289. The third-order valence-electron chi connectivity index (χ3n) is 0.991. The van der Waals surface area contributed by atoms with E-state index in [1.54, 1.807) is 0 Å². The van der Waals surface area contributed by atoms with Gasteiger partial charge in [-0.05, 0) is 19.3 Å². The van der Waals surface area contributed by atoms with E-state index in [1.807, 2.05) is 12.2 Å². The van der Waals surface area contributed by atoms with Gasteiger partial charge in [-0.1, -0.05) is 12.2 Å². The van der Waals surface area contributed by atoms with Crippen molar-refractivity contribution in [3.05, 3.63) is 12.2 Å². The van der Waals surface area contributed by atoms with Crippen LogP contribution in [0.1, 0.15) is 19.3 Å². The smallest absolute Gasteiger partial charge is 0.0465 e. The number of hydrogen-bond acceptors (Lipinski definition) is 2. The highest BCUT2D eigenvalue weighted by molar-refractivity contribution is 4.80. The molecule has 2 nitrogen and oxygen atoms in total. The van der Waals surface area contributed by atoms with Gasteiger partial charge in [0.1, 0.15) is 0 Å². The first-order chi connectivity index (χ1) is 4.41. The first-order valence-corrected chi connectivity index (χ1v) is 3.28. The summed E-state index contributed by atoms with van der Waals surface area (Å²) in [7, 11) is 0. The normalized spacial score (nSPS) is 10.9. The summed E-state index contributed by atoms with van der Waals surface area (Å²) >= 11 is 0. The van der Waals surface area contributed by atoms with Crippen molar-refractivity contribution < 1.29 is 10.2 Å². The molecule has 0 aliphatic rings. The Balaban J connectivity index is 2.86. The van der Waals surface area contributed by atoms with E-state index in [1.165, 1.54) is 0 Å². The summed E-state index contributed by atoms with van der Waals surface area (Å²) in [5, 5.41) is 16.7. The number of allylic oxidation sites excluding steroid dienone is 1. The molecule has 0 aromatic heterocycles. The minimum atomic E-state index is 0.218. The molecule has 0 aromatic carbocycles. The summed E-state index contributed by atoms with van der Waals surface area (Å²) in [5.74, 6) is 0. The maximum atomic E-state index is 8.34. The first kappa shape index (κ1) is 8.66. The van der Waals surface area contributed by atoms with Crippen LogP contribution in [0.15, 0.2) is 12.2 Å². The number of rotatable bonds is 5. The van der Waals surface area contributed by atoms with Gasteiger partial charge in [0.25, 0.3) is 0 Å². The second-order valence-corrected chi connectivity index (χ2v) is 1.85. The van der Waals surface area contributed by atoms with E-state index in [0.717, 1.165) is 19.3 Å². The molecule has 0 heterocycles. The molecule has 0 radical (unpaired) electrons. The maximum Gasteiger partial charge on any atom is 0.0465 e. The molecule has 0 spiro atoms. The van der Waals surface area contributed by atoms with Gasteiger partial charge in [-0.2, -0.15) is 0 Å². The van der Waals surface area contributed by atoms with Crippen LogP contribution in [0.3, 0.4) is 0 Å². The second-order valence-electron chi connectivity index (χ2n) is 1.85. The van der Waals surface area contributed by atoms with Gasteiger partial charge in [-0.15, -0.1) is 0 Å². The second kappa shape index (κ2) is 7.66. The standard InChI is InChI=1S/C7H14O2/c8-6-4-2-1-3-5-7-9/h1-2,8-9H,3-7H2/b2-1-. The molecule has 0 amide bonds. The first-order valence-electron chi connectivity index (χ1n) is 3.28. The monoisotopic (exact) mass is 130 g/mol. The summed E-state index contributed by atoms with van der Waals surface area (Å²) in [6.45, 7) is 0.471. The molecule has 0 aliphatic carbocycles. The Bertz CT molecular complexity index is 69.3. The van der Waals surface area contributed by atoms with Crippen LogP contribution in [0.5, 0.6) is 0 Å². The Kier molecular flexibility index (Phi) is 7.37. The van der Waals surface area contributed by atoms with Crippen molar-refractivity contribution in [2.45, 2.75) is 19.3 Å². The SMILES string of the molecule is OCC/C=C\CCCO. The van der Waals surface area contributed by atoms with Gasteiger partial charge in [-0.3, -0.25) is 0 Å². The Morgan fingerprint density at radius 3 is 2.11 bits per heavy atom. The molecule has 0 saturated carbocycles. The van der Waals surface area contributed by atoms with Crippen molar-refractivity contribution in [1.82, 2.24) is 0 Å². The molecule has 0 unspecified atom stereocenters. The van der Waals surface area contributed by atoms with E-state index in [-0.39, 0.29) is 13.2 Å². The Morgan fingerprint density at radius 1 is 0.889 bits per heavy atom. The summed E-state index contributed by atoms with van der Waals surface area (Å²) in [6.07, 6.45) is 6.37. The van der Waals surface area contributed by atoms with Gasteiger partial charge in [0, 0.05) is 13.2 Å². The lowest BCUT2D eigenvalue weighted by Crippen LogP contribution is -1.79. The Labute approximate surface area is 55.8 Å². The van der Waals surface area contributed by atoms with Crippen molar-refractivity contribution in [2.75, 3.05) is 13.2 Å². The quantitative estimate of drug-likeness (QED) is 0.425. The van der Waals surface area contributed by atoms with E-state index in [2.05, 4.69) is 0 Å². The molecule has 9 heavy (non-hydrogen) atoms. The molecule has 0 bridgehead atoms. The molecule has 2 heteroatoms. The van der Waals surface area contributed by atoms with Crippen LogP contribution in [-0.2, 0) is 0 Å². The number of aliphatic hydroxyl groups is 2. The third-order valence-corrected chi connectivity index (χ3v) is 0.991. The van der Waals surface area contributed by atoms with Gasteiger partial charge >= 0.3 is 0 Å². The topological polar surface area (TPSA) is 40.5 Å². The highest BCUT2D eigenvalue weighted by Crippen LogP contribution is 1.90. The average molecular weight is 130 g/mol. The lowest BCUT2D eigenvalue weighted by atomic mass is 10.3. The lowest BCUT2D eigenvalue weighted by Gasteiger charge is -1.86. The predicted octanol–water partition coefficient (Wildman–Crippen LogP) is 0.698. The minimum Gasteiger partial charge on any atom is -0.396 e. The minimum absolute atomic E-state index is 0.218. The molecular weight excluding hydrogens is 116 g/mol. The molecule has 2 N–H and O–H groups in total. The van der Waals surface area contributed by atoms with Gasteiger partial charge in [0.05, 0.1) is 0 Å². The van der Waals surface area contributed by atoms with E-state index in [0.29, 0.717) is 0 Å². The summed E-state index contributed by atoms with van der Waals surface area (Å²) in [5.41, 5.74) is 0. The summed E-state index contributed by atoms with van der Waals surface area (Å²) in [4.78, 5) is 0. The molecular formula is C7H14O2. The van der Waals surface area contributed by atoms with Crippen LogP contribution < -0.4 is 0 Å². The summed E-state index contributed by atoms with van der Waals surface area (Å²) < 4.78 is 0. The van der Waals surface area contributed by atoms with Crippen molar-refractivity contribution in [3.63, 3.8) is 0 Å². The number of aliphatic hydroxyl groups excluding tert-OH is 2. The van der Waals surface area contributed by atoms with Crippen LogP contribution in [0.4, 0.5) is 0 Å². The van der Waals surface area contributed by atoms with Crippen LogP contribution >= 0.6 is 0 Å². The van der Waals surface area contributed by atoms with Crippen LogP contribution in [0.25, 0.3) is 0 Å². The highest BCUT2D eigenvalue weighted by atomic mass is 16.3. The van der Waals surface area contributed by atoms with Crippen LogP contribution in [0.2, 0.25) is 0 Å². The zero-order chi connectivity index (χ0) is 6.95. The fourth-order valence-corrected chi connectivity index (χ4v) is 0.519. The van der Waals surface area contributed by atoms with Crippen LogP contribution in [-0.4, -0.2) is 23.4 Å². The molecule has 54 valence electrons. The molecule has 0 saturated heterocycles. The van der Waals surface area contributed by atoms with Crippen LogP contribution in [0, 0.1) is 0 Å². The zero-order valence-electron chi connectivity index (χ0n) is 5.58. The van der Waals surface area contributed by atoms with E-state index < -0.39 is 0 Å². The molecule has 0 rings (SSSR count). The third kappa shape index (κ3) is 7.66. The van der Waals surface area contributed by atoms with Crippen molar-refractivity contribution >= 4 is 0 Å². The number of hydrogen-bond donors (Lipinski definition) is 2. The molecule has 0 aliphatic heterocycles. The van der Waals surface area contributed by atoms with E-state index >= 15 is 0 Å². The number of unbranched alkanes of at least 4 members (excludes halogenated alkanes) is 1.